The van der Waals surface area contributed by atoms with Gasteiger partial charge < -0.3 is 15.0 Å². The van der Waals surface area contributed by atoms with E-state index in [1.54, 1.807) is 49.3 Å². The third-order valence-corrected chi connectivity index (χ3v) is 6.23. The molecule has 1 unspecified atom stereocenters. The molecule has 2 amide bonds. The molecule has 2 heterocycles. The molecule has 0 aliphatic carbocycles. The monoisotopic (exact) mass is 483 g/mol. The van der Waals surface area contributed by atoms with Crippen LogP contribution in [-0.2, 0) is 27.4 Å². The second-order valence-corrected chi connectivity index (χ2v) is 8.61. The Hall–Kier alpha value is -4.26. The van der Waals surface area contributed by atoms with Crippen molar-refractivity contribution < 1.29 is 19.1 Å². The van der Waals surface area contributed by atoms with E-state index in [4.69, 9.17) is 4.74 Å². The molecule has 1 aliphatic rings. The lowest BCUT2D eigenvalue weighted by atomic mass is 9.83. The van der Waals surface area contributed by atoms with Crippen LogP contribution in [0.5, 0.6) is 0 Å². The number of rotatable bonds is 8. The summed E-state index contributed by atoms with van der Waals surface area (Å²) >= 11 is 0. The van der Waals surface area contributed by atoms with Crippen LogP contribution in [0.2, 0.25) is 0 Å². The second-order valence-electron chi connectivity index (χ2n) is 8.61. The molecule has 1 aliphatic heterocycles. The molecule has 0 fully saturated rings. The molecular formula is C29H29N3O4. The van der Waals surface area contributed by atoms with E-state index in [2.05, 4.69) is 10.3 Å². The van der Waals surface area contributed by atoms with Crippen LogP contribution < -0.4 is 5.32 Å². The molecule has 7 nitrogen and oxygen atoms in total. The van der Waals surface area contributed by atoms with E-state index in [9.17, 15) is 14.4 Å². The van der Waals surface area contributed by atoms with Gasteiger partial charge in [0.2, 0.25) is 5.91 Å². The maximum absolute atomic E-state index is 13.3. The van der Waals surface area contributed by atoms with Crippen LogP contribution in [-0.4, -0.2) is 34.3 Å². The molecule has 0 saturated carbocycles. The number of hydrogen-bond donors (Lipinski definition) is 1. The Bertz CT molecular complexity index is 1270. The number of ether oxygens (including phenoxy) is 1. The Kier molecular flexibility index (Phi) is 7.90. The molecule has 2 aromatic carbocycles. The number of carbonyl (C=O) groups is 3. The second kappa shape index (κ2) is 11.4. The highest BCUT2D eigenvalue weighted by molar-refractivity contribution is 5.96. The van der Waals surface area contributed by atoms with Crippen LogP contribution >= 0.6 is 0 Å². The third kappa shape index (κ3) is 5.68. The Morgan fingerprint density at radius 3 is 2.56 bits per heavy atom. The van der Waals surface area contributed by atoms with E-state index in [0.717, 1.165) is 16.7 Å². The van der Waals surface area contributed by atoms with Crippen molar-refractivity contribution in [3.05, 3.63) is 113 Å². The molecule has 0 spiro atoms. The minimum absolute atomic E-state index is 0.0826. The van der Waals surface area contributed by atoms with Gasteiger partial charge in [-0.3, -0.25) is 14.6 Å². The zero-order valence-electron chi connectivity index (χ0n) is 20.4. The molecule has 7 heteroatoms. The summed E-state index contributed by atoms with van der Waals surface area (Å²) in [6.07, 6.45) is 3.56. The number of esters is 1. The lowest BCUT2D eigenvalue weighted by Crippen LogP contribution is -2.38. The van der Waals surface area contributed by atoms with Gasteiger partial charge in [-0.15, -0.1) is 0 Å². The Labute approximate surface area is 210 Å². The largest absolute Gasteiger partial charge is 0.463 e. The molecule has 1 atom stereocenters. The maximum Gasteiger partial charge on any atom is 0.336 e. The molecule has 0 radical (unpaired) electrons. The highest BCUT2D eigenvalue weighted by Crippen LogP contribution is 2.37. The van der Waals surface area contributed by atoms with E-state index in [1.165, 1.54) is 0 Å². The van der Waals surface area contributed by atoms with Crippen molar-refractivity contribution in [1.29, 1.82) is 0 Å². The van der Waals surface area contributed by atoms with Gasteiger partial charge in [0.1, 0.15) is 0 Å². The van der Waals surface area contributed by atoms with E-state index < -0.39 is 5.97 Å². The lowest BCUT2D eigenvalue weighted by molar-refractivity contribution is -0.140. The minimum Gasteiger partial charge on any atom is -0.463 e. The summed E-state index contributed by atoms with van der Waals surface area (Å²) in [7, 11) is 0. The van der Waals surface area contributed by atoms with Gasteiger partial charge in [-0.05, 0) is 48.7 Å². The van der Waals surface area contributed by atoms with Crippen LogP contribution in [0.25, 0.3) is 0 Å². The Morgan fingerprint density at radius 1 is 1.06 bits per heavy atom. The van der Waals surface area contributed by atoms with Crippen LogP contribution in [0.15, 0.2) is 90.4 Å². The van der Waals surface area contributed by atoms with Gasteiger partial charge in [0.25, 0.3) is 5.91 Å². The van der Waals surface area contributed by atoms with E-state index in [-0.39, 0.29) is 37.3 Å². The van der Waals surface area contributed by atoms with Gasteiger partial charge in [-0.25, -0.2) is 4.79 Å². The van der Waals surface area contributed by atoms with Crippen LogP contribution in [0, 0.1) is 0 Å². The predicted molar refractivity (Wildman–Crippen MR) is 136 cm³/mol. The third-order valence-electron chi connectivity index (χ3n) is 6.23. The number of aromatic nitrogens is 1. The van der Waals surface area contributed by atoms with Crippen molar-refractivity contribution in [2.45, 2.75) is 39.3 Å². The fourth-order valence-corrected chi connectivity index (χ4v) is 4.43. The molecule has 0 bridgehead atoms. The molecule has 184 valence electrons. The fraction of sp³-hybridized carbons (Fsp3) is 0.241. The summed E-state index contributed by atoms with van der Waals surface area (Å²) in [4.78, 5) is 44.6. The minimum atomic E-state index is -0.412. The van der Waals surface area contributed by atoms with Crippen LogP contribution in [0.4, 0.5) is 0 Å². The van der Waals surface area contributed by atoms with Crippen LogP contribution in [0.3, 0.4) is 0 Å². The van der Waals surface area contributed by atoms with Gasteiger partial charge in [0.15, 0.2) is 0 Å². The molecular weight excluding hydrogens is 454 g/mol. The number of benzene rings is 2. The summed E-state index contributed by atoms with van der Waals surface area (Å²) < 4.78 is 5.36. The average Bonchev–Trinajstić information content (AvgIpc) is 2.90. The van der Waals surface area contributed by atoms with Gasteiger partial charge in [-0.2, -0.15) is 0 Å². The summed E-state index contributed by atoms with van der Waals surface area (Å²) in [6, 6.07) is 20.4. The quantitative estimate of drug-likeness (QED) is 0.481. The lowest BCUT2D eigenvalue weighted by Gasteiger charge is -2.34. The SMILES string of the molecule is CCOC(=O)C1=C(C)N(Cc2cccc(C(=O)NCc3cccnc3)c2)C(=O)CC1c1ccccc1. The molecule has 1 aromatic heterocycles. The first-order valence-corrected chi connectivity index (χ1v) is 12.0. The zero-order valence-corrected chi connectivity index (χ0v) is 20.4. The topological polar surface area (TPSA) is 88.6 Å². The molecule has 3 aromatic rings. The van der Waals surface area contributed by atoms with Gasteiger partial charge in [-0.1, -0.05) is 48.5 Å². The van der Waals surface area contributed by atoms with Gasteiger partial charge in [0, 0.05) is 42.5 Å². The summed E-state index contributed by atoms with van der Waals surface area (Å²) in [6.45, 7) is 4.42. The summed E-state index contributed by atoms with van der Waals surface area (Å²) in [5.74, 6) is -1.07. The van der Waals surface area contributed by atoms with Gasteiger partial charge >= 0.3 is 5.97 Å². The Balaban J connectivity index is 1.56. The highest BCUT2D eigenvalue weighted by atomic mass is 16.5. The predicted octanol–water partition coefficient (Wildman–Crippen LogP) is 4.36. The average molecular weight is 484 g/mol. The number of hydrogen-bond acceptors (Lipinski definition) is 5. The smallest absolute Gasteiger partial charge is 0.336 e. The van der Waals surface area contributed by atoms with Crippen molar-refractivity contribution in [1.82, 2.24) is 15.2 Å². The summed E-state index contributed by atoms with van der Waals surface area (Å²) in [5.41, 5.74) is 4.16. The van der Waals surface area contributed by atoms with Crippen molar-refractivity contribution in [3.8, 4) is 0 Å². The highest BCUT2D eigenvalue weighted by Gasteiger charge is 2.36. The van der Waals surface area contributed by atoms with Gasteiger partial charge in [0.05, 0.1) is 18.7 Å². The molecule has 0 saturated heterocycles. The fourth-order valence-electron chi connectivity index (χ4n) is 4.43. The standard InChI is InChI=1S/C29H29N3O4/c1-3-36-29(35)27-20(2)32(26(33)16-25(27)23-11-5-4-6-12-23)19-21-9-7-13-24(15-21)28(34)31-18-22-10-8-14-30-17-22/h4-15,17,25H,3,16,18-19H2,1-2H3,(H,31,34). The zero-order chi connectivity index (χ0) is 25.5. The van der Waals surface area contributed by atoms with E-state index in [1.807, 2.05) is 48.5 Å². The number of pyridine rings is 1. The van der Waals surface area contributed by atoms with Crippen LogP contribution in [0.1, 0.15) is 53.2 Å². The van der Waals surface area contributed by atoms with Crippen molar-refractivity contribution in [2.24, 2.45) is 0 Å². The van der Waals surface area contributed by atoms with E-state index >= 15 is 0 Å². The molecule has 4 rings (SSSR count). The van der Waals surface area contributed by atoms with Crippen molar-refractivity contribution in [3.63, 3.8) is 0 Å². The molecule has 1 N–H and O–H groups in total. The van der Waals surface area contributed by atoms with Crippen molar-refractivity contribution >= 4 is 17.8 Å². The number of nitrogens with zero attached hydrogens (tertiary/aromatic N) is 2. The number of carbonyl (C=O) groups excluding carboxylic acids is 3. The van der Waals surface area contributed by atoms with Crippen molar-refractivity contribution in [2.75, 3.05) is 6.61 Å². The number of amides is 2. The number of nitrogens with one attached hydrogen (secondary N) is 1. The first-order chi connectivity index (χ1) is 17.5. The summed E-state index contributed by atoms with van der Waals surface area (Å²) in [5, 5.41) is 2.89. The van der Waals surface area contributed by atoms with E-state index in [0.29, 0.717) is 23.4 Å². The maximum atomic E-state index is 13.3. The first kappa shape index (κ1) is 24.9. The molecule has 36 heavy (non-hydrogen) atoms. The number of allylic oxidation sites excluding steroid dienone is 1. The normalized spacial score (nSPS) is 15.6. The Morgan fingerprint density at radius 2 is 1.83 bits per heavy atom. The first-order valence-electron chi connectivity index (χ1n) is 12.0.